The number of nitrogens with one attached hydrogen (secondary N) is 2. The molecular weight excluding hydrogens is 1170 g/mol. The predicted molar refractivity (Wildman–Crippen MR) is 360 cm³/mol. The molecule has 2 aliphatic rings. The molecule has 0 radical (unpaired) electrons. The highest BCUT2D eigenvalue weighted by Gasteiger charge is 2.52. The predicted octanol–water partition coefficient (Wildman–Crippen LogP) is 9.26. The van der Waals surface area contributed by atoms with Crippen LogP contribution in [0.3, 0.4) is 0 Å². The number of aromatic hydroxyl groups is 1. The lowest BCUT2D eigenvalue weighted by molar-refractivity contribution is -0.126. The largest absolute Gasteiger partial charge is 0.508 e. The van der Waals surface area contributed by atoms with E-state index in [9.17, 15) is 33.9 Å². The highest BCUT2D eigenvalue weighted by Crippen LogP contribution is 2.39. The van der Waals surface area contributed by atoms with Gasteiger partial charge in [-0.15, -0.1) is 23.5 Å². The van der Waals surface area contributed by atoms with E-state index in [1.807, 2.05) is 149 Å². The van der Waals surface area contributed by atoms with E-state index in [-0.39, 0.29) is 29.9 Å². The number of amides is 2. The second-order valence-electron chi connectivity index (χ2n) is 23.7. The second kappa shape index (κ2) is 29.2. The van der Waals surface area contributed by atoms with Gasteiger partial charge in [-0.1, -0.05) is 188 Å². The van der Waals surface area contributed by atoms with Crippen molar-refractivity contribution in [3.05, 3.63) is 191 Å². The van der Waals surface area contributed by atoms with Crippen LogP contribution in [0, 0.1) is 0 Å². The van der Waals surface area contributed by atoms with E-state index in [1.54, 1.807) is 26.0 Å². The van der Waals surface area contributed by atoms with Gasteiger partial charge in [0.2, 0.25) is 11.8 Å². The van der Waals surface area contributed by atoms with Gasteiger partial charge in [-0.05, 0) is 61.3 Å². The number of rotatable bonds is 25. The lowest BCUT2D eigenvalue weighted by Crippen LogP contribution is -2.66. The summed E-state index contributed by atoms with van der Waals surface area (Å²) in [5.41, 5.74) is -1.85. The normalized spacial score (nSPS) is 18.1. The van der Waals surface area contributed by atoms with Crippen molar-refractivity contribution >= 4 is 94.2 Å². The maximum Gasteiger partial charge on any atom is 0.339 e. The van der Waals surface area contributed by atoms with Crippen LogP contribution in [0.1, 0.15) is 119 Å². The molecule has 0 bridgehead atoms. The Balaban J connectivity index is 0.000000249. The molecule has 6 aromatic rings. The summed E-state index contributed by atoms with van der Waals surface area (Å²) >= 11 is 2.96. The number of carbonyl (C=O) groups excluding carboxylic acids is 2. The van der Waals surface area contributed by atoms with Gasteiger partial charge >= 0.3 is 11.3 Å². The van der Waals surface area contributed by atoms with Gasteiger partial charge in [-0.3, -0.25) is 29.6 Å². The Labute approximate surface area is 521 Å². The van der Waals surface area contributed by atoms with Gasteiger partial charge in [0.25, 0.3) is 16.6 Å². The summed E-state index contributed by atoms with van der Waals surface area (Å²) in [6.45, 7) is 24.2. The van der Waals surface area contributed by atoms with Gasteiger partial charge in [0.15, 0.2) is 0 Å². The summed E-state index contributed by atoms with van der Waals surface area (Å²) in [6.07, 6.45) is 4.19. The number of thioether (sulfide) groups is 2. The molecule has 0 fully saturated rings. The van der Waals surface area contributed by atoms with E-state index in [0.29, 0.717) is 64.7 Å². The van der Waals surface area contributed by atoms with Gasteiger partial charge in [0.05, 0.1) is 35.6 Å². The first-order chi connectivity index (χ1) is 41.3. The molecule has 4 atom stereocenters. The van der Waals surface area contributed by atoms with Crippen LogP contribution in [0.4, 0.5) is 0 Å². The minimum atomic E-state index is -3.22. The molecule has 2 aromatic heterocycles. The lowest BCUT2D eigenvalue weighted by atomic mass is 10.0. The molecule has 0 unspecified atom stereocenters. The Kier molecular flexibility index (Phi) is 22.6. The second-order valence-corrected chi connectivity index (χ2v) is 33.5. The Bertz CT molecular complexity index is 3520. The summed E-state index contributed by atoms with van der Waals surface area (Å²) in [5, 5.41) is 19.9. The highest BCUT2D eigenvalue weighted by molar-refractivity contribution is 8.16. The van der Waals surface area contributed by atoms with Crippen LogP contribution in [0.2, 0.25) is 10.1 Å². The minimum Gasteiger partial charge on any atom is -0.508 e. The Morgan fingerprint density at radius 2 is 1.00 bits per heavy atom. The number of hydrogen-bond acceptors (Lipinski definition) is 16. The van der Waals surface area contributed by atoms with Gasteiger partial charge < -0.3 is 38.9 Å². The van der Waals surface area contributed by atoms with Gasteiger partial charge in [0.1, 0.15) is 50.8 Å². The fourth-order valence-corrected chi connectivity index (χ4v) is 19.9. The first-order valence-corrected chi connectivity index (χ1v) is 35.2. The van der Waals surface area contributed by atoms with Crippen LogP contribution in [-0.2, 0) is 9.59 Å². The zero-order chi connectivity index (χ0) is 63.2. The summed E-state index contributed by atoms with van der Waals surface area (Å²) < 4.78 is 16.3. The molecule has 16 nitrogen and oxygen atoms in total. The van der Waals surface area contributed by atoms with E-state index in [4.69, 9.17) is 33.5 Å². The molecule has 20 heteroatoms. The molecule has 2 aliphatic heterocycles. The molecule has 0 saturated carbocycles. The molecular formula is C67H82N6O10S2Si2. The molecule has 0 saturated heterocycles. The van der Waals surface area contributed by atoms with E-state index in [2.05, 4.69) is 44.9 Å². The molecule has 2 amide bonds. The summed E-state index contributed by atoms with van der Waals surface area (Å²) in [6, 6.07) is 43.6. The van der Waals surface area contributed by atoms with Crippen molar-refractivity contribution in [2.45, 2.75) is 128 Å². The molecule has 5 N–H and O–H groups in total. The average molecular weight is 1250 g/mol. The molecule has 0 aliphatic carbocycles. The van der Waals surface area contributed by atoms with Crippen LogP contribution in [-0.4, -0.2) is 107 Å². The third kappa shape index (κ3) is 15.9. The number of nitrogens with zero attached hydrogens (tertiary/aromatic N) is 4. The summed E-state index contributed by atoms with van der Waals surface area (Å²) in [7, 11) is -6.43. The van der Waals surface area contributed by atoms with Crippen molar-refractivity contribution in [1.29, 1.82) is 0 Å². The third-order valence-corrected chi connectivity index (χ3v) is 27.4. The quantitative estimate of drug-likeness (QED) is 0.0205. The Morgan fingerprint density at radius 1 is 0.644 bits per heavy atom. The number of hydrogen-bond donors (Lipinski definition) is 5. The fourth-order valence-electron chi connectivity index (χ4n) is 10.5. The van der Waals surface area contributed by atoms with Crippen LogP contribution in [0.5, 0.6) is 11.5 Å². The topological polar surface area (TPSA) is 238 Å². The van der Waals surface area contributed by atoms with Crippen molar-refractivity contribution in [1.82, 2.24) is 10.6 Å². The van der Waals surface area contributed by atoms with Gasteiger partial charge in [-0.25, -0.2) is 9.59 Å². The van der Waals surface area contributed by atoms with Crippen molar-refractivity contribution < 1.29 is 37.9 Å². The zero-order valence-corrected chi connectivity index (χ0v) is 55.1. The molecule has 8 rings (SSSR count). The van der Waals surface area contributed by atoms with Gasteiger partial charge in [-0.2, -0.15) is 0 Å². The van der Waals surface area contributed by atoms with E-state index >= 15 is 0 Å². The summed E-state index contributed by atoms with van der Waals surface area (Å²) in [4.78, 5) is 95.4. The molecule has 0 spiro atoms. The van der Waals surface area contributed by atoms with Gasteiger partial charge in [0, 0.05) is 46.8 Å². The average Bonchev–Trinajstić information content (AvgIpc) is 1.56. The molecule has 460 valence electrons. The summed E-state index contributed by atoms with van der Waals surface area (Å²) in [5.74, 6) is 1.03. The van der Waals surface area contributed by atoms with Crippen LogP contribution in [0.15, 0.2) is 197 Å². The van der Waals surface area contributed by atoms with E-state index < -0.39 is 61.1 Å². The Hall–Kier alpha value is -7.21. The molecule has 4 heterocycles. The van der Waals surface area contributed by atoms with Crippen molar-refractivity contribution in [3.63, 3.8) is 0 Å². The first-order valence-electron chi connectivity index (χ1n) is 29.3. The number of aliphatic imine (C=N–C) groups is 4. The maximum absolute atomic E-state index is 13.6. The van der Waals surface area contributed by atoms with Crippen LogP contribution >= 0.6 is 23.5 Å². The van der Waals surface area contributed by atoms with E-state index in [0.717, 1.165) is 45.4 Å². The van der Waals surface area contributed by atoms with Crippen molar-refractivity contribution in [2.24, 2.45) is 20.0 Å². The van der Waals surface area contributed by atoms with E-state index in [1.165, 1.54) is 35.7 Å². The Morgan fingerprint density at radius 3 is 1.34 bits per heavy atom. The van der Waals surface area contributed by atoms with Crippen LogP contribution in [0.25, 0.3) is 0 Å². The third-order valence-electron chi connectivity index (χ3n) is 15.8. The minimum absolute atomic E-state index is 0.205. The molecule has 87 heavy (non-hydrogen) atoms. The standard InChI is InChI=1S/C35H43N3O5SSi.C32H39N3O5SSi/c1-7-15-29(30-21-26(42-20-8-2)22-31(39)43-30)37-33(40)35(6)24-44-32(38-35)25(3)36-23-34(4,5)45(41,27-16-11-9-12-17-27)28-18-13-10-14-19-28;1-6-13-26(27-18-23(36)19-28(37)40-27)34-30(38)32(5)21-41-29(35-32)22(2)33-20-31(3,4)42(39,24-14-9-7-10-15-24)25-16-11-8-12-17-25/h8-14,16-19,21-22,29,41H,2,7,15,20,23-24H2,1,3-6H3,(H,37,40);7-12,14-19,26,36,39H,6,13,20-21H2,1-5H3,(H,34,38)/t29-,35+;26-,32+/m11/s1. The first kappa shape index (κ1) is 67.3. The number of carbonyl (C=O) groups is 2. The highest BCUT2D eigenvalue weighted by atomic mass is 32.2. The van der Waals surface area contributed by atoms with Crippen LogP contribution < -0.4 is 47.4 Å². The van der Waals surface area contributed by atoms with Crippen molar-refractivity contribution in [3.8, 4) is 11.5 Å². The lowest BCUT2D eigenvalue weighted by Gasteiger charge is -2.40. The number of benzene rings is 4. The monoisotopic (exact) mass is 1250 g/mol. The number of ether oxygens (including phenoxy) is 1. The smallest absolute Gasteiger partial charge is 0.339 e. The fraction of sp³-hybridized carbons (Fsp3) is 0.373. The maximum atomic E-state index is 13.6. The SMILES string of the molecule is C=CCOc1cc([C@@H](CCC)NC(=O)[C@]2(C)CSC(C(C)=NCC(C)(C)[Si](O)(c3ccccc3)c3ccccc3)=N2)oc(=O)c1.CCC[C@@H](NC(=O)[C@]1(C)CSC(C(C)=NCC(C)(C)[Si](O)(c2ccccc2)c2ccccc2)=N1)c1cc(O)cc(=O)o1. The van der Waals surface area contributed by atoms with Crippen molar-refractivity contribution in [2.75, 3.05) is 31.2 Å². The molecule has 4 aromatic carbocycles. The zero-order valence-electron chi connectivity index (χ0n) is 51.5.